The summed E-state index contributed by atoms with van der Waals surface area (Å²) in [6.45, 7) is 6.51. The van der Waals surface area contributed by atoms with E-state index in [9.17, 15) is 14.4 Å². The van der Waals surface area contributed by atoms with Crippen LogP contribution in [0.1, 0.15) is 188 Å². The minimum atomic E-state index is -0.753. The molecule has 41 heavy (non-hydrogen) atoms. The van der Waals surface area contributed by atoms with Crippen molar-refractivity contribution < 1.29 is 28.6 Å². The Labute approximate surface area is 253 Å². The molecule has 0 spiro atoms. The van der Waals surface area contributed by atoms with Gasteiger partial charge in [-0.1, -0.05) is 149 Å². The first-order valence-corrected chi connectivity index (χ1v) is 17.5. The van der Waals surface area contributed by atoms with E-state index in [1.165, 1.54) is 89.9 Å². The topological polar surface area (TPSA) is 78.9 Å². The summed E-state index contributed by atoms with van der Waals surface area (Å²) in [5.74, 6) is -0.884. The highest BCUT2D eigenvalue weighted by Gasteiger charge is 2.19. The van der Waals surface area contributed by atoms with E-state index in [1.54, 1.807) is 0 Å². The van der Waals surface area contributed by atoms with E-state index in [2.05, 4.69) is 20.8 Å². The summed E-state index contributed by atoms with van der Waals surface area (Å²) >= 11 is 0. The minimum Gasteiger partial charge on any atom is -0.462 e. The molecule has 242 valence electrons. The maximum absolute atomic E-state index is 12.5. The predicted molar refractivity (Wildman–Crippen MR) is 169 cm³/mol. The average Bonchev–Trinajstić information content (AvgIpc) is 2.96. The van der Waals surface area contributed by atoms with Crippen LogP contribution >= 0.6 is 0 Å². The Morgan fingerprint density at radius 2 is 0.659 bits per heavy atom. The van der Waals surface area contributed by atoms with Crippen LogP contribution in [0.25, 0.3) is 0 Å². The van der Waals surface area contributed by atoms with Crippen molar-refractivity contribution in [1.82, 2.24) is 0 Å². The summed E-state index contributed by atoms with van der Waals surface area (Å²) in [5, 5.41) is 0. The molecule has 0 aromatic carbocycles. The van der Waals surface area contributed by atoms with Gasteiger partial charge in [0.2, 0.25) is 0 Å². The van der Waals surface area contributed by atoms with E-state index in [-0.39, 0.29) is 31.1 Å². The Morgan fingerprint density at radius 3 is 0.976 bits per heavy atom. The predicted octanol–water partition coefficient (Wildman–Crippen LogP) is 10.2. The van der Waals surface area contributed by atoms with Gasteiger partial charge in [-0.3, -0.25) is 14.4 Å². The highest BCUT2D eigenvalue weighted by molar-refractivity contribution is 5.71. The molecule has 0 saturated carbocycles. The maximum Gasteiger partial charge on any atom is 0.306 e. The highest BCUT2D eigenvalue weighted by atomic mass is 16.6. The van der Waals surface area contributed by atoms with Crippen molar-refractivity contribution in [2.24, 2.45) is 0 Å². The molecule has 0 rings (SSSR count). The fourth-order valence-corrected chi connectivity index (χ4v) is 4.91. The molecule has 0 aromatic rings. The summed E-state index contributed by atoms with van der Waals surface area (Å²) in [4.78, 5) is 37.0. The Bertz CT molecular complexity index is 605. The lowest BCUT2D eigenvalue weighted by atomic mass is 10.1. The molecule has 0 aromatic heterocycles. The molecule has 1 unspecified atom stereocenters. The first-order valence-electron chi connectivity index (χ1n) is 17.5. The van der Waals surface area contributed by atoms with Gasteiger partial charge >= 0.3 is 17.9 Å². The fraction of sp³-hybridized carbons (Fsp3) is 0.914. The van der Waals surface area contributed by atoms with Gasteiger partial charge in [0.15, 0.2) is 6.10 Å². The van der Waals surface area contributed by atoms with Gasteiger partial charge in [-0.05, 0) is 19.3 Å². The zero-order valence-electron chi connectivity index (χ0n) is 27.3. The fourth-order valence-electron chi connectivity index (χ4n) is 4.91. The molecule has 0 aliphatic heterocycles. The Balaban J connectivity index is 4.35. The van der Waals surface area contributed by atoms with Crippen LogP contribution in [0.2, 0.25) is 0 Å². The molecule has 0 aliphatic carbocycles. The molecule has 0 heterocycles. The number of esters is 3. The van der Waals surface area contributed by atoms with Crippen LogP contribution in [0.15, 0.2) is 0 Å². The van der Waals surface area contributed by atoms with Crippen molar-refractivity contribution in [1.29, 1.82) is 0 Å². The van der Waals surface area contributed by atoms with Crippen LogP contribution in [-0.2, 0) is 28.6 Å². The summed E-state index contributed by atoms with van der Waals surface area (Å²) < 4.78 is 16.4. The number of carbonyl (C=O) groups is 3. The van der Waals surface area contributed by atoms with Crippen LogP contribution in [-0.4, -0.2) is 37.2 Å². The van der Waals surface area contributed by atoms with E-state index in [0.717, 1.165) is 57.8 Å². The molecule has 0 amide bonds. The van der Waals surface area contributed by atoms with Crippen molar-refractivity contribution in [2.45, 2.75) is 194 Å². The molecule has 0 bridgehead atoms. The Hall–Kier alpha value is -1.59. The quantitative estimate of drug-likeness (QED) is 0.0459. The molecule has 1 atom stereocenters. The van der Waals surface area contributed by atoms with Crippen LogP contribution < -0.4 is 0 Å². The molecular weight excluding hydrogens is 516 g/mol. The zero-order valence-corrected chi connectivity index (χ0v) is 27.3. The number of hydrogen-bond acceptors (Lipinski definition) is 6. The number of carbonyl (C=O) groups excluding carboxylic acids is 3. The van der Waals surface area contributed by atoms with Gasteiger partial charge in [0.25, 0.3) is 0 Å². The van der Waals surface area contributed by atoms with Crippen LogP contribution in [0.4, 0.5) is 0 Å². The van der Waals surface area contributed by atoms with E-state index in [0.29, 0.717) is 19.3 Å². The third-order valence-electron chi connectivity index (χ3n) is 7.61. The molecule has 0 aliphatic rings. The van der Waals surface area contributed by atoms with Crippen LogP contribution in [0.3, 0.4) is 0 Å². The third-order valence-corrected chi connectivity index (χ3v) is 7.61. The molecule has 6 nitrogen and oxygen atoms in total. The first kappa shape index (κ1) is 39.4. The smallest absolute Gasteiger partial charge is 0.306 e. The lowest BCUT2D eigenvalue weighted by Crippen LogP contribution is -2.30. The van der Waals surface area contributed by atoms with E-state index in [4.69, 9.17) is 14.2 Å². The van der Waals surface area contributed by atoms with Gasteiger partial charge in [0.1, 0.15) is 13.2 Å². The van der Waals surface area contributed by atoms with Crippen molar-refractivity contribution >= 4 is 17.9 Å². The number of unbranched alkanes of at least 4 members (excludes halogenated alkanes) is 20. The minimum absolute atomic E-state index is 0.0657. The van der Waals surface area contributed by atoms with Gasteiger partial charge < -0.3 is 14.2 Å². The standard InChI is InChI=1S/C35H66O6/c1-4-7-10-13-16-19-22-25-28-34(37)40-31-32(30-39-33(36)27-24-21-18-15-12-9-6-3)41-35(38)29-26-23-20-17-14-11-8-5-2/h32H,4-31H2,1-3H3. The second kappa shape index (κ2) is 31.3. The van der Waals surface area contributed by atoms with E-state index >= 15 is 0 Å². The molecule has 0 fully saturated rings. The maximum atomic E-state index is 12.5. The van der Waals surface area contributed by atoms with E-state index in [1.807, 2.05) is 0 Å². The van der Waals surface area contributed by atoms with Gasteiger partial charge in [0, 0.05) is 19.3 Å². The Kier molecular flexibility index (Phi) is 30.1. The van der Waals surface area contributed by atoms with Crippen molar-refractivity contribution in [3.05, 3.63) is 0 Å². The van der Waals surface area contributed by atoms with Gasteiger partial charge in [-0.25, -0.2) is 0 Å². The van der Waals surface area contributed by atoms with Crippen molar-refractivity contribution in [3.8, 4) is 0 Å². The highest BCUT2D eigenvalue weighted by Crippen LogP contribution is 2.13. The second-order valence-corrected chi connectivity index (χ2v) is 11.8. The number of rotatable bonds is 31. The monoisotopic (exact) mass is 582 g/mol. The van der Waals surface area contributed by atoms with Gasteiger partial charge in [-0.2, -0.15) is 0 Å². The zero-order chi connectivity index (χ0) is 30.2. The van der Waals surface area contributed by atoms with Crippen LogP contribution in [0.5, 0.6) is 0 Å². The summed E-state index contributed by atoms with van der Waals surface area (Å²) in [7, 11) is 0. The molecular formula is C35H66O6. The third kappa shape index (κ3) is 29.7. The summed E-state index contributed by atoms with van der Waals surface area (Å²) in [5.41, 5.74) is 0. The average molecular weight is 583 g/mol. The molecule has 0 saturated heterocycles. The van der Waals surface area contributed by atoms with E-state index < -0.39 is 6.10 Å². The normalized spacial score (nSPS) is 11.8. The summed E-state index contributed by atoms with van der Waals surface area (Å²) in [6, 6.07) is 0. The molecule has 0 N–H and O–H groups in total. The SMILES string of the molecule is CCCCCCCCCCC(=O)OCC(COC(=O)CCCCCCCCC)OC(=O)CCCCCCCCCC. The lowest BCUT2D eigenvalue weighted by molar-refractivity contribution is -0.167. The number of hydrogen-bond donors (Lipinski definition) is 0. The van der Waals surface area contributed by atoms with Crippen LogP contribution in [0, 0.1) is 0 Å². The van der Waals surface area contributed by atoms with Crippen molar-refractivity contribution in [3.63, 3.8) is 0 Å². The molecule has 6 heteroatoms. The van der Waals surface area contributed by atoms with Gasteiger partial charge in [0.05, 0.1) is 0 Å². The molecule has 0 radical (unpaired) electrons. The van der Waals surface area contributed by atoms with Crippen molar-refractivity contribution in [2.75, 3.05) is 13.2 Å². The number of ether oxygens (including phenoxy) is 3. The largest absolute Gasteiger partial charge is 0.462 e. The van der Waals surface area contributed by atoms with Gasteiger partial charge in [-0.15, -0.1) is 0 Å². The second-order valence-electron chi connectivity index (χ2n) is 11.8. The summed E-state index contributed by atoms with van der Waals surface area (Å²) in [6.07, 6.45) is 26.8. The Morgan fingerprint density at radius 1 is 0.390 bits per heavy atom. The lowest BCUT2D eigenvalue weighted by Gasteiger charge is -2.18. The first-order chi connectivity index (χ1) is 20.0.